The van der Waals surface area contributed by atoms with E-state index in [1.807, 2.05) is 6.08 Å². The first kappa shape index (κ1) is 60.4. The largest absolute Gasteiger partial charge is 0.394 e. The first-order chi connectivity index (χ1) is 31.3. The lowest BCUT2D eigenvalue weighted by Gasteiger charge is -2.40. The zero-order chi connectivity index (χ0) is 46.6. The third-order valence-corrected chi connectivity index (χ3v) is 12.9. The third-order valence-electron chi connectivity index (χ3n) is 12.9. The number of aliphatic hydroxyl groups excluding tert-OH is 5. The molecular weight excluding hydrogens is 803 g/mol. The molecule has 1 heterocycles. The molecule has 9 heteroatoms. The molecular formula is C55H103NO8. The van der Waals surface area contributed by atoms with Crippen molar-refractivity contribution in [3.8, 4) is 0 Å². The number of rotatable bonds is 46. The molecule has 7 atom stereocenters. The molecule has 0 spiro atoms. The quantitative estimate of drug-likeness (QED) is 0.0261. The average molecular weight is 906 g/mol. The molecule has 1 amide bonds. The van der Waals surface area contributed by atoms with Crippen molar-refractivity contribution < 1.29 is 39.8 Å². The maximum atomic E-state index is 12.9. The van der Waals surface area contributed by atoms with Crippen molar-refractivity contribution in [1.82, 2.24) is 5.32 Å². The second-order valence-corrected chi connectivity index (χ2v) is 19.0. The molecule has 6 N–H and O–H groups in total. The summed E-state index contributed by atoms with van der Waals surface area (Å²) in [5.74, 6) is -0.187. The van der Waals surface area contributed by atoms with E-state index in [4.69, 9.17) is 9.47 Å². The highest BCUT2D eigenvalue weighted by Gasteiger charge is 2.44. The summed E-state index contributed by atoms with van der Waals surface area (Å²) in [6.45, 7) is 3.69. The van der Waals surface area contributed by atoms with Gasteiger partial charge in [0.2, 0.25) is 5.91 Å². The fourth-order valence-electron chi connectivity index (χ4n) is 8.57. The molecule has 0 aromatic carbocycles. The minimum absolute atomic E-state index is 0.187. The van der Waals surface area contributed by atoms with Crippen LogP contribution in [0.3, 0.4) is 0 Å². The lowest BCUT2D eigenvalue weighted by Crippen LogP contribution is -2.60. The van der Waals surface area contributed by atoms with Crippen molar-refractivity contribution in [3.05, 3.63) is 36.5 Å². The van der Waals surface area contributed by atoms with Crippen molar-refractivity contribution in [2.24, 2.45) is 0 Å². The molecule has 1 aliphatic heterocycles. The minimum Gasteiger partial charge on any atom is -0.394 e. The van der Waals surface area contributed by atoms with Gasteiger partial charge in [0.05, 0.1) is 25.4 Å². The molecule has 1 saturated heterocycles. The summed E-state index contributed by atoms with van der Waals surface area (Å²) in [6, 6.07) is -0.817. The van der Waals surface area contributed by atoms with Crippen LogP contribution in [0.5, 0.6) is 0 Å². The van der Waals surface area contributed by atoms with E-state index in [1.165, 1.54) is 186 Å². The molecule has 0 aromatic heterocycles. The number of unbranched alkanes of at least 4 members (excludes halogenated alkanes) is 32. The summed E-state index contributed by atoms with van der Waals surface area (Å²) < 4.78 is 11.2. The van der Waals surface area contributed by atoms with Gasteiger partial charge in [-0.2, -0.15) is 0 Å². The Hall–Kier alpha value is -1.59. The van der Waals surface area contributed by atoms with E-state index >= 15 is 0 Å². The Morgan fingerprint density at radius 2 is 0.906 bits per heavy atom. The Bertz CT molecular complexity index is 1100. The smallest absolute Gasteiger partial charge is 0.220 e. The Morgan fingerprint density at radius 1 is 0.516 bits per heavy atom. The summed E-state index contributed by atoms with van der Waals surface area (Å²) in [5, 5.41) is 54.0. The zero-order valence-corrected chi connectivity index (χ0v) is 41.5. The van der Waals surface area contributed by atoms with Crippen LogP contribution in [0.15, 0.2) is 36.5 Å². The Morgan fingerprint density at radius 3 is 1.36 bits per heavy atom. The van der Waals surface area contributed by atoms with Gasteiger partial charge in [-0.25, -0.2) is 0 Å². The summed E-state index contributed by atoms with van der Waals surface area (Å²) in [4.78, 5) is 12.9. The summed E-state index contributed by atoms with van der Waals surface area (Å²) >= 11 is 0. The van der Waals surface area contributed by atoms with Crippen LogP contribution in [-0.4, -0.2) is 87.5 Å². The lowest BCUT2D eigenvalue weighted by atomic mass is 9.99. The minimum atomic E-state index is -1.57. The first-order valence-electron chi connectivity index (χ1n) is 27.2. The molecule has 9 nitrogen and oxygen atoms in total. The van der Waals surface area contributed by atoms with E-state index in [1.54, 1.807) is 6.08 Å². The van der Waals surface area contributed by atoms with E-state index in [0.29, 0.717) is 6.42 Å². The van der Waals surface area contributed by atoms with Gasteiger partial charge in [0.1, 0.15) is 24.4 Å². The van der Waals surface area contributed by atoms with Crippen LogP contribution in [0.2, 0.25) is 0 Å². The highest BCUT2D eigenvalue weighted by molar-refractivity contribution is 5.76. The van der Waals surface area contributed by atoms with Gasteiger partial charge in [0, 0.05) is 6.42 Å². The molecule has 1 rings (SSSR count). The predicted octanol–water partition coefficient (Wildman–Crippen LogP) is 12.8. The fraction of sp³-hybridized carbons (Fsp3) is 0.873. The van der Waals surface area contributed by atoms with Gasteiger partial charge in [-0.1, -0.05) is 230 Å². The molecule has 64 heavy (non-hydrogen) atoms. The van der Waals surface area contributed by atoms with Crippen molar-refractivity contribution in [2.75, 3.05) is 13.2 Å². The summed E-state index contributed by atoms with van der Waals surface area (Å²) in [7, 11) is 0. The number of allylic oxidation sites excluding steroid dienone is 5. The predicted molar refractivity (Wildman–Crippen MR) is 267 cm³/mol. The van der Waals surface area contributed by atoms with Crippen LogP contribution in [0.4, 0.5) is 0 Å². The van der Waals surface area contributed by atoms with Gasteiger partial charge < -0.3 is 40.3 Å². The summed E-state index contributed by atoms with van der Waals surface area (Å²) in [6.07, 6.45) is 51.2. The van der Waals surface area contributed by atoms with E-state index in [9.17, 15) is 30.3 Å². The number of hydrogen-bond acceptors (Lipinski definition) is 8. The molecule has 0 aliphatic carbocycles. The number of carbonyl (C=O) groups is 1. The van der Waals surface area contributed by atoms with Crippen LogP contribution in [0.1, 0.15) is 251 Å². The molecule has 0 aromatic rings. The molecule has 0 saturated carbocycles. The van der Waals surface area contributed by atoms with Gasteiger partial charge in [-0.3, -0.25) is 4.79 Å². The topological polar surface area (TPSA) is 149 Å². The first-order valence-corrected chi connectivity index (χ1v) is 27.2. The van der Waals surface area contributed by atoms with Crippen molar-refractivity contribution in [1.29, 1.82) is 0 Å². The van der Waals surface area contributed by atoms with Crippen molar-refractivity contribution in [2.45, 2.75) is 294 Å². The van der Waals surface area contributed by atoms with E-state index in [2.05, 4.69) is 43.5 Å². The molecule has 1 fully saturated rings. The number of carbonyl (C=O) groups excluding carboxylic acids is 1. The Balaban J connectivity index is 2.04. The van der Waals surface area contributed by atoms with Crippen LogP contribution >= 0.6 is 0 Å². The number of nitrogens with one attached hydrogen (secondary N) is 1. The number of ether oxygens (including phenoxy) is 2. The van der Waals surface area contributed by atoms with E-state index in [-0.39, 0.29) is 12.5 Å². The normalized spacial score (nSPS) is 20.3. The van der Waals surface area contributed by atoms with Gasteiger partial charge >= 0.3 is 0 Å². The van der Waals surface area contributed by atoms with Crippen molar-refractivity contribution in [3.63, 3.8) is 0 Å². The highest BCUT2D eigenvalue weighted by atomic mass is 16.7. The van der Waals surface area contributed by atoms with Crippen LogP contribution < -0.4 is 5.32 Å². The molecule has 1 aliphatic rings. The van der Waals surface area contributed by atoms with Gasteiger partial charge in [0.25, 0.3) is 0 Å². The Kier molecular flexibility index (Phi) is 42.7. The van der Waals surface area contributed by atoms with Gasteiger partial charge in [-0.05, 0) is 51.4 Å². The van der Waals surface area contributed by atoms with Crippen LogP contribution in [0.25, 0.3) is 0 Å². The number of hydrogen-bond donors (Lipinski definition) is 6. The molecule has 0 bridgehead atoms. The standard InChI is InChI=1S/C55H103NO8/c1-3-5-7-9-11-13-14-15-16-17-18-19-20-21-22-23-24-25-26-27-28-29-30-31-32-33-34-35-36-37-39-41-43-45-51(59)56-48(49(58)44-42-40-38-12-10-8-6-4-2)47-63-55-54(62)53(61)52(60)50(46-57)64-55/h10,12,17-18,42,44,48-50,52-55,57-58,60-62H,3-9,11,13-16,19-41,43,45-47H2,1-2H3,(H,56,59)/b12-10+,18-17-,44-42+. The highest BCUT2D eigenvalue weighted by Crippen LogP contribution is 2.23. The second kappa shape index (κ2) is 45.2. The SMILES string of the molecule is CCCC/C=C/CC/C=C/C(O)C(COC1OC(CO)C(O)C(O)C1O)NC(=O)CCCCCCCCCCCCCCCCCCCCCCC/C=C\CCCCCCCCCC. The van der Waals surface area contributed by atoms with Crippen LogP contribution in [0, 0.1) is 0 Å². The molecule has 7 unspecified atom stereocenters. The van der Waals surface area contributed by atoms with Gasteiger partial charge in [0.15, 0.2) is 6.29 Å². The fourth-order valence-corrected chi connectivity index (χ4v) is 8.57. The number of aliphatic hydroxyl groups is 5. The average Bonchev–Trinajstić information content (AvgIpc) is 3.29. The third kappa shape index (κ3) is 34.7. The Labute approximate surface area is 393 Å². The van der Waals surface area contributed by atoms with Crippen molar-refractivity contribution >= 4 is 5.91 Å². The van der Waals surface area contributed by atoms with Crippen LogP contribution in [-0.2, 0) is 14.3 Å². The van der Waals surface area contributed by atoms with E-state index < -0.39 is 49.5 Å². The lowest BCUT2D eigenvalue weighted by molar-refractivity contribution is -0.302. The second-order valence-electron chi connectivity index (χ2n) is 19.0. The van der Waals surface area contributed by atoms with Gasteiger partial charge in [-0.15, -0.1) is 0 Å². The summed E-state index contributed by atoms with van der Waals surface area (Å²) in [5.41, 5.74) is 0. The van der Waals surface area contributed by atoms with E-state index in [0.717, 1.165) is 44.9 Å². The maximum Gasteiger partial charge on any atom is 0.220 e. The monoisotopic (exact) mass is 906 g/mol. The zero-order valence-electron chi connectivity index (χ0n) is 41.5. The maximum absolute atomic E-state index is 12.9. The molecule has 376 valence electrons. The molecule has 0 radical (unpaired) electrons. The number of amides is 1.